The van der Waals surface area contributed by atoms with Crippen molar-refractivity contribution >= 4 is 6.01 Å². The van der Waals surface area contributed by atoms with E-state index >= 15 is 0 Å². The minimum atomic E-state index is -0.247. The van der Waals surface area contributed by atoms with Crippen LogP contribution in [0.1, 0.15) is 25.2 Å². The van der Waals surface area contributed by atoms with E-state index in [0.29, 0.717) is 31.4 Å². The van der Waals surface area contributed by atoms with Crippen LogP contribution in [0.4, 0.5) is 10.4 Å². The Hall–Kier alpha value is -1.95. The van der Waals surface area contributed by atoms with E-state index in [1.165, 1.54) is 12.1 Å². The molecule has 5 nitrogen and oxygen atoms in total. The van der Waals surface area contributed by atoms with Crippen LogP contribution in [0, 0.1) is 5.82 Å². The van der Waals surface area contributed by atoms with Gasteiger partial charge in [-0.1, -0.05) is 17.3 Å². The van der Waals surface area contributed by atoms with Crippen molar-refractivity contribution in [1.82, 2.24) is 10.1 Å². The first-order chi connectivity index (χ1) is 10.0. The largest absolute Gasteiger partial charge is 0.372 e. The van der Waals surface area contributed by atoms with Crippen molar-refractivity contribution in [2.45, 2.75) is 25.9 Å². The molecule has 1 fully saturated rings. The van der Waals surface area contributed by atoms with Crippen LogP contribution >= 0.6 is 0 Å². The number of halogens is 1. The molecule has 21 heavy (non-hydrogen) atoms. The summed E-state index contributed by atoms with van der Waals surface area (Å²) in [6, 6.07) is 6.83. The average Bonchev–Trinajstić information content (AvgIpc) is 2.89. The molecule has 0 atom stereocenters. The zero-order valence-electron chi connectivity index (χ0n) is 12.2. The number of hydrogen-bond donors (Lipinski definition) is 0. The maximum atomic E-state index is 12.9. The van der Waals surface area contributed by atoms with Crippen LogP contribution in [0.15, 0.2) is 28.8 Å². The Morgan fingerprint density at radius 2 is 2.05 bits per heavy atom. The summed E-state index contributed by atoms with van der Waals surface area (Å²) in [5.74, 6) is 0.351. The number of aromatic nitrogens is 2. The van der Waals surface area contributed by atoms with E-state index in [4.69, 9.17) is 9.26 Å². The molecule has 0 aliphatic carbocycles. The zero-order valence-corrected chi connectivity index (χ0v) is 12.2. The maximum absolute atomic E-state index is 12.9. The zero-order chi connectivity index (χ0) is 14.9. The lowest BCUT2D eigenvalue weighted by molar-refractivity contribution is -0.0292. The molecule has 0 spiro atoms. The Bertz CT molecular complexity index is 610. The van der Waals surface area contributed by atoms with Gasteiger partial charge < -0.3 is 14.2 Å². The summed E-state index contributed by atoms with van der Waals surface area (Å²) in [6.07, 6.45) is 0.525. The molecule has 2 aromatic rings. The molecule has 112 valence electrons. The fourth-order valence-corrected chi connectivity index (χ4v) is 2.41. The van der Waals surface area contributed by atoms with Gasteiger partial charge in [0, 0.05) is 13.0 Å². The highest BCUT2D eigenvalue weighted by Crippen LogP contribution is 2.22. The number of nitrogens with zero attached hydrogens (tertiary/aromatic N) is 3. The van der Waals surface area contributed by atoms with E-state index in [2.05, 4.69) is 10.1 Å². The highest BCUT2D eigenvalue weighted by molar-refractivity contribution is 5.28. The molecule has 1 saturated heterocycles. The van der Waals surface area contributed by atoms with Crippen molar-refractivity contribution in [2.75, 3.05) is 24.6 Å². The van der Waals surface area contributed by atoms with E-state index in [1.54, 1.807) is 12.1 Å². The molecule has 1 aliphatic rings. The summed E-state index contributed by atoms with van der Waals surface area (Å²) in [4.78, 5) is 6.45. The highest BCUT2D eigenvalue weighted by atomic mass is 19.1. The number of hydrogen-bond acceptors (Lipinski definition) is 5. The summed E-state index contributed by atoms with van der Waals surface area (Å²) in [5.41, 5.74) is 0.732. The lowest BCUT2D eigenvalue weighted by Gasteiger charge is -2.36. The Morgan fingerprint density at radius 3 is 2.76 bits per heavy atom. The Balaban J connectivity index is 1.70. The second kappa shape index (κ2) is 5.44. The first-order valence-corrected chi connectivity index (χ1v) is 6.98. The van der Waals surface area contributed by atoms with Crippen molar-refractivity contribution in [1.29, 1.82) is 0 Å². The fourth-order valence-electron chi connectivity index (χ4n) is 2.41. The molecular formula is C15H18FN3O2. The topological polar surface area (TPSA) is 51.4 Å². The van der Waals surface area contributed by atoms with E-state index in [9.17, 15) is 4.39 Å². The normalized spacial score (nSPS) is 18.0. The molecule has 6 heteroatoms. The van der Waals surface area contributed by atoms with Crippen molar-refractivity contribution in [2.24, 2.45) is 0 Å². The standard InChI is InChI=1S/C15H18FN3O2/c1-15(2)10-19(7-8-20-15)14-17-13(18-21-14)9-11-3-5-12(16)6-4-11/h3-6H,7-10H2,1-2H3. The van der Waals surface area contributed by atoms with Crippen LogP contribution in [-0.4, -0.2) is 35.4 Å². The average molecular weight is 291 g/mol. The SMILES string of the molecule is CC1(C)CN(c2nc(Cc3ccc(F)cc3)no2)CCO1. The van der Waals surface area contributed by atoms with Crippen LogP contribution in [0.5, 0.6) is 0 Å². The van der Waals surface area contributed by atoms with Gasteiger partial charge in [-0.05, 0) is 31.5 Å². The molecule has 0 radical (unpaired) electrons. The third-order valence-corrected chi connectivity index (χ3v) is 3.43. The first-order valence-electron chi connectivity index (χ1n) is 6.98. The third-order valence-electron chi connectivity index (χ3n) is 3.43. The number of rotatable bonds is 3. The smallest absolute Gasteiger partial charge is 0.324 e. The van der Waals surface area contributed by atoms with Gasteiger partial charge >= 0.3 is 6.01 Å². The van der Waals surface area contributed by atoms with Gasteiger partial charge in [0.2, 0.25) is 0 Å². The number of anilines is 1. The lowest BCUT2D eigenvalue weighted by atomic mass is 10.1. The number of ether oxygens (including phenoxy) is 1. The minimum absolute atomic E-state index is 0.218. The Labute approximate surface area is 122 Å². The van der Waals surface area contributed by atoms with E-state index in [-0.39, 0.29) is 11.4 Å². The van der Waals surface area contributed by atoms with E-state index in [0.717, 1.165) is 12.1 Å². The number of benzene rings is 1. The van der Waals surface area contributed by atoms with Crippen LogP contribution in [-0.2, 0) is 11.2 Å². The molecule has 1 aromatic heterocycles. The van der Waals surface area contributed by atoms with Gasteiger partial charge in [-0.3, -0.25) is 0 Å². The van der Waals surface area contributed by atoms with E-state index in [1.807, 2.05) is 18.7 Å². The molecule has 1 aromatic carbocycles. The van der Waals surface area contributed by atoms with Gasteiger partial charge in [-0.2, -0.15) is 4.98 Å². The van der Waals surface area contributed by atoms with Crippen molar-refractivity contribution in [3.8, 4) is 0 Å². The van der Waals surface area contributed by atoms with Crippen LogP contribution < -0.4 is 4.90 Å². The molecule has 2 heterocycles. The van der Waals surface area contributed by atoms with Gasteiger partial charge in [0.05, 0.1) is 18.8 Å². The fraction of sp³-hybridized carbons (Fsp3) is 0.467. The highest BCUT2D eigenvalue weighted by Gasteiger charge is 2.29. The first kappa shape index (κ1) is 14.0. The van der Waals surface area contributed by atoms with Crippen LogP contribution in [0.2, 0.25) is 0 Å². The molecule has 0 saturated carbocycles. The Kier molecular flexibility index (Phi) is 3.63. The van der Waals surface area contributed by atoms with Gasteiger partial charge in [0.25, 0.3) is 0 Å². The quantitative estimate of drug-likeness (QED) is 0.869. The molecule has 0 bridgehead atoms. The monoisotopic (exact) mass is 291 g/mol. The predicted octanol–water partition coefficient (Wildman–Crippen LogP) is 2.41. The van der Waals surface area contributed by atoms with Crippen LogP contribution in [0.3, 0.4) is 0 Å². The second-order valence-corrected chi connectivity index (χ2v) is 5.83. The molecular weight excluding hydrogens is 273 g/mol. The van der Waals surface area contributed by atoms with E-state index < -0.39 is 0 Å². The predicted molar refractivity (Wildman–Crippen MR) is 75.7 cm³/mol. The molecule has 3 rings (SSSR count). The van der Waals surface area contributed by atoms with Crippen molar-refractivity contribution < 1.29 is 13.7 Å². The summed E-state index contributed by atoms with van der Waals surface area (Å²) in [6.45, 7) is 6.17. The maximum Gasteiger partial charge on any atom is 0.324 e. The van der Waals surface area contributed by atoms with Gasteiger partial charge in [0.1, 0.15) is 5.82 Å². The molecule has 1 aliphatic heterocycles. The van der Waals surface area contributed by atoms with Crippen molar-refractivity contribution in [3.63, 3.8) is 0 Å². The van der Waals surface area contributed by atoms with Crippen LogP contribution in [0.25, 0.3) is 0 Å². The minimum Gasteiger partial charge on any atom is -0.372 e. The van der Waals surface area contributed by atoms with Crippen molar-refractivity contribution in [3.05, 3.63) is 41.5 Å². The van der Waals surface area contributed by atoms with Gasteiger partial charge in [-0.25, -0.2) is 4.39 Å². The summed E-state index contributed by atoms with van der Waals surface area (Å²) < 4.78 is 23.9. The molecule has 0 unspecified atom stereocenters. The van der Waals surface area contributed by atoms with Gasteiger partial charge in [0.15, 0.2) is 5.82 Å². The third kappa shape index (κ3) is 3.39. The molecule has 0 N–H and O–H groups in total. The summed E-state index contributed by atoms with van der Waals surface area (Å²) in [7, 11) is 0. The summed E-state index contributed by atoms with van der Waals surface area (Å²) in [5, 5.41) is 3.99. The summed E-state index contributed by atoms with van der Waals surface area (Å²) >= 11 is 0. The molecule has 0 amide bonds. The van der Waals surface area contributed by atoms with Gasteiger partial charge in [-0.15, -0.1) is 0 Å². The lowest BCUT2D eigenvalue weighted by Crippen LogP contribution is -2.48. The second-order valence-electron chi connectivity index (χ2n) is 5.83. The number of morpholine rings is 1. The Morgan fingerprint density at radius 1 is 1.29 bits per heavy atom.